The Labute approximate surface area is 383 Å². The minimum atomic E-state index is -0.364. The van der Waals surface area contributed by atoms with Crippen molar-refractivity contribution in [2.24, 2.45) is 0 Å². The Morgan fingerprint density at radius 1 is 0.279 bits per heavy atom. The van der Waals surface area contributed by atoms with Gasteiger partial charge in [-0.15, -0.1) is 0 Å². The van der Waals surface area contributed by atoms with Crippen LogP contribution >= 0.6 is 0 Å². The van der Waals surface area contributed by atoms with Crippen LogP contribution in [0.2, 0.25) is 0 Å². The zero-order chi connectivity index (χ0) is 44.7. The summed E-state index contributed by atoms with van der Waals surface area (Å²) >= 11 is 0. The second-order valence-electron chi connectivity index (χ2n) is 18.6. The molecule has 0 aromatic heterocycles. The normalized spacial score (nSPS) is 13.6. The highest BCUT2D eigenvalue weighted by Gasteiger charge is 2.15. The fourth-order valence-electron chi connectivity index (χ4n) is 8.62. The number of hydrogen-bond donors (Lipinski definition) is 0. The molecule has 0 heterocycles. The second-order valence-corrected chi connectivity index (χ2v) is 18.6. The molecule has 0 aromatic rings. The molecule has 0 radical (unpaired) electrons. The molecule has 2 atom stereocenters. The number of rotatable bonds is 50. The molecule has 0 aliphatic carbocycles. The van der Waals surface area contributed by atoms with E-state index in [-0.39, 0.29) is 26.2 Å². The third kappa shape index (κ3) is 40.2. The van der Waals surface area contributed by atoms with Gasteiger partial charge in [0.1, 0.15) is 0 Å². The maximum atomic E-state index is 6.63. The lowest BCUT2D eigenvalue weighted by atomic mass is 9.98. The van der Waals surface area contributed by atoms with E-state index in [4.69, 9.17) is 23.7 Å². The lowest BCUT2D eigenvalue weighted by Crippen LogP contribution is -2.19. The third-order valence-electron chi connectivity index (χ3n) is 12.5. The Balaban J connectivity index is 5.23. The molecule has 0 aromatic carbocycles. The van der Waals surface area contributed by atoms with Crippen LogP contribution in [0.3, 0.4) is 0 Å². The summed E-state index contributed by atoms with van der Waals surface area (Å²) in [5, 5.41) is 0. The summed E-state index contributed by atoms with van der Waals surface area (Å²) in [6.45, 7) is 18.1. The largest absolute Gasteiger partial charge is 0.470 e. The van der Waals surface area contributed by atoms with Gasteiger partial charge in [-0.3, -0.25) is 0 Å². The van der Waals surface area contributed by atoms with Crippen molar-refractivity contribution >= 4 is 0 Å². The van der Waals surface area contributed by atoms with E-state index in [0.717, 1.165) is 51.4 Å². The van der Waals surface area contributed by atoms with Gasteiger partial charge in [-0.05, 0) is 76.4 Å². The molecule has 0 spiro atoms. The van der Waals surface area contributed by atoms with Crippen molar-refractivity contribution in [2.75, 3.05) is 13.6 Å². The Bertz CT molecular complexity index is 869. The minimum absolute atomic E-state index is 0.139. The van der Waals surface area contributed by atoms with E-state index in [2.05, 4.69) is 41.5 Å². The number of allylic oxidation sites excluding steroid dienone is 4. The van der Waals surface area contributed by atoms with Gasteiger partial charge in [0, 0.05) is 12.8 Å². The van der Waals surface area contributed by atoms with Crippen molar-refractivity contribution in [2.45, 2.75) is 325 Å². The van der Waals surface area contributed by atoms with Crippen molar-refractivity contribution in [1.29, 1.82) is 0 Å². The minimum Gasteiger partial charge on any atom is -0.470 e. The highest BCUT2D eigenvalue weighted by Crippen LogP contribution is 2.28. The molecule has 5 heteroatoms. The first kappa shape index (κ1) is 60.0. The lowest BCUT2D eigenvalue weighted by Gasteiger charge is -2.23. The van der Waals surface area contributed by atoms with Crippen LogP contribution in [0.25, 0.3) is 0 Å². The topological polar surface area (TPSA) is 46.2 Å². The van der Waals surface area contributed by atoms with Crippen molar-refractivity contribution in [3.05, 3.63) is 22.7 Å². The van der Waals surface area contributed by atoms with E-state index in [9.17, 15) is 0 Å². The SMILES string of the molecule is CCCCCCCCCCC(CCC)=C(CCCCCCCCCC)OC(C)OCOCOC(C)OC(CCCCCCCCCC)=C(CCC)CCCCCCCCCC. The summed E-state index contributed by atoms with van der Waals surface area (Å²) in [5.41, 5.74) is 3.03. The average molecular weight is 863 g/mol. The quantitative estimate of drug-likeness (QED) is 0.0346. The van der Waals surface area contributed by atoms with Crippen molar-refractivity contribution in [3.63, 3.8) is 0 Å². The zero-order valence-corrected chi connectivity index (χ0v) is 42.9. The first-order chi connectivity index (χ1) is 30.0. The van der Waals surface area contributed by atoms with Gasteiger partial charge in [0.25, 0.3) is 0 Å². The maximum Gasteiger partial charge on any atom is 0.198 e. The van der Waals surface area contributed by atoms with Gasteiger partial charge >= 0.3 is 0 Å². The number of ether oxygens (including phenoxy) is 5. The first-order valence-corrected chi connectivity index (χ1v) is 27.5. The summed E-state index contributed by atoms with van der Waals surface area (Å²) in [6.07, 6.45) is 51.0. The highest BCUT2D eigenvalue weighted by atomic mass is 16.8. The zero-order valence-electron chi connectivity index (χ0n) is 42.9. The average Bonchev–Trinajstić information content (AvgIpc) is 3.25. The second kappa shape index (κ2) is 48.4. The molecule has 0 N–H and O–H groups in total. The lowest BCUT2D eigenvalue weighted by molar-refractivity contribution is -0.228. The Kier molecular flexibility index (Phi) is 47.6. The molecule has 0 aliphatic heterocycles. The van der Waals surface area contributed by atoms with E-state index < -0.39 is 0 Å². The molecule has 0 fully saturated rings. The summed E-state index contributed by atoms with van der Waals surface area (Å²) in [6, 6.07) is 0. The first-order valence-electron chi connectivity index (χ1n) is 27.5. The highest BCUT2D eigenvalue weighted by molar-refractivity contribution is 5.10. The molecule has 0 rings (SSSR count). The number of hydrogen-bond acceptors (Lipinski definition) is 5. The smallest absolute Gasteiger partial charge is 0.198 e. The van der Waals surface area contributed by atoms with E-state index in [0.29, 0.717) is 0 Å². The van der Waals surface area contributed by atoms with Gasteiger partial charge in [-0.2, -0.15) is 0 Å². The van der Waals surface area contributed by atoms with Crippen LogP contribution in [0.4, 0.5) is 0 Å². The van der Waals surface area contributed by atoms with Gasteiger partial charge in [0.2, 0.25) is 0 Å². The monoisotopic (exact) mass is 863 g/mol. The summed E-state index contributed by atoms with van der Waals surface area (Å²) < 4.78 is 31.3. The van der Waals surface area contributed by atoms with Gasteiger partial charge in [0.15, 0.2) is 26.2 Å². The van der Waals surface area contributed by atoms with Crippen LogP contribution in [0.15, 0.2) is 22.7 Å². The van der Waals surface area contributed by atoms with Crippen LogP contribution in [-0.4, -0.2) is 26.2 Å². The predicted molar refractivity (Wildman–Crippen MR) is 267 cm³/mol. The van der Waals surface area contributed by atoms with E-state index in [1.807, 2.05) is 13.8 Å². The standard InChI is InChI=1S/C56H110O5/c1-9-15-19-23-27-31-35-39-45-53(43-13-5)55(47-41-37-33-29-25-21-17-11-3)60-51(7)58-49-57-50-59-52(8)61-56(48-42-38-34-30-26-22-18-12-4)54(44-14-6)46-40-36-32-28-24-20-16-10-2/h51-52H,9-50H2,1-8H3. The Morgan fingerprint density at radius 2 is 0.525 bits per heavy atom. The Hall–Kier alpha value is -1.04. The van der Waals surface area contributed by atoms with Gasteiger partial charge < -0.3 is 23.7 Å². The van der Waals surface area contributed by atoms with Crippen molar-refractivity contribution in [3.8, 4) is 0 Å². The molecule has 2 unspecified atom stereocenters. The number of unbranched alkanes of at least 4 members (excludes halogenated alkanes) is 28. The molecular weight excluding hydrogens is 753 g/mol. The van der Waals surface area contributed by atoms with Gasteiger partial charge in [-0.1, -0.05) is 234 Å². The summed E-state index contributed by atoms with van der Waals surface area (Å²) in [5.74, 6) is 2.37. The molecule has 364 valence electrons. The fraction of sp³-hybridized carbons (Fsp3) is 0.929. The van der Waals surface area contributed by atoms with Gasteiger partial charge in [0.05, 0.1) is 11.5 Å². The molecule has 0 amide bonds. The van der Waals surface area contributed by atoms with Crippen LogP contribution in [-0.2, 0) is 23.7 Å². The van der Waals surface area contributed by atoms with E-state index in [1.54, 1.807) is 0 Å². The molecule has 0 aliphatic rings. The maximum absolute atomic E-state index is 6.63. The van der Waals surface area contributed by atoms with Crippen LogP contribution in [0.5, 0.6) is 0 Å². The molecule has 0 saturated carbocycles. The molecule has 5 nitrogen and oxygen atoms in total. The molecular formula is C56H110O5. The predicted octanol–water partition coefficient (Wildman–Crippen LogP) is 19.9. The third-order valence-corrected chi connectivity index (χ3v) is 12.5. The molecule has 0 bridgehead atoms. The fourth-order valence-corrected chi connectivity index (χ4v) is 8.62. The van der Waals surface area contributed by atoms with Crippen LogP contribution in [0, 0.1) is 0 Å². The van der Waals surface area contributed by atoms with Gasteiger partial charge in [-0.25, -0.2) is 0 Å². The van der Waals surface area contributed by atoms with E-state index >= 15 is 0 Å². The summed E-state index contributed by atoms with van der Waals surface area (Å²) in [4.78, 5) is 0. The van der Waals surface area contributed by atoms with Crippen molar-refractivity contribution in [1.82, 2.24) is 0 Å². The van der Waals surface area contributed by atoms with Crippen molar-refractivity contribution < 1.29 is 23.7 Å². The van der Waals surface area contributed by atoms with Crippen LogP contribution < -0.4 is 0 Å². The van der Waals surface area contributed by atoms with Crippen LogP contribution in [0.1, 0.15) is 312 Å². The molecule has 0 saturated heterocycles. The summed E-state index contributed by atoms with van der Waals surface area (Å²) in [7, 11) is 0. The van der Waals surface area contributed by atoms with E-state index in [1.165, 1.54) is 228 Å². The molecule has 61 heavy (non-hydrogen) atoms. The Morgan fingerprint density at radius 3 is 0.787 bits per heavy atom.